The van der Waals surface area contributed by atoms with Crippen LogP contribution in [0.1, 0.15) is 47.2 Å². The van der Waals surface area contributed by atoms with E-state index in [-0.39, 0.29) is 12.4 Å². The van der Waals surface area contributed by atoms with Gasteiger partial charge in [0.2, 0.25) is 0 Å². The second-order valence-corrected chi connectivity index (χ2v) is 7.53. The van der Waals surface area contributed by atoms with Gasteiger partial charge < -0.3 is 14.6 Å². The molecule has 0 aliphatic rings. The number of esters is 1. The van der Waals surface area contributed by atoms with Gasteiger partial charge in [0.1, 0.15) is 11.5 Å². The first-order valence-electron chi connectivity index (χ1n) is 11.1. The topological polar surface area (TPSA) is 72.8 Å². The molecular weight excluding hydrogens is 416 g/mol. The number of hydrogen-bond acceptors (Lipinski definition) is 5. The van der Waals surface area contributed by atoms with Crippen LogP contribution in [0.25, 0.3) is 6.08 Å². The van der Waals surface area contributed by atoms with Gasteiger partial charge in [0.15, 0.2) is 5.78 Å². The lowest BCUT2D eigenvalue weighted by Crippen LogP contribution is -2.05. The van der Waals surface area contributed by atoms with Gasteiger partial charge in [-0.15, -0.1) is 0 Å². The molecule has 3 rings (SSSR count). The molecule has 0 heterocycles. The van der Waals surface area contributed by atoms with Gasteiger partial charge in [0, 0.05) is 23.8 Å². The summed E-state index contributed by atoms with van der Waals surface area (Å²) in [6, 6.07) is 23.0. The fourth-order valence-electron chi connectivity index (χ4n) is 3.18. The summed E-state index contributed by atoms with van der Waals surface area (Å²) in [6.45, 7) is 0.843. The second-order valence-electron chi connectivity index (χ2n) is 7.53. The summed E-state index contributed by atoms with van der Waals surface area (Å²) in [7, 11) is 0. The third kappa shape index (κ3) is 8.05. The quantitative estimate of drug-likeness (QED) is 0.132. The van der Waals surface area contributed by atoms with Gasteiger partial charge >= 0.3 is 5.97 Å². The maximum absolute atomic E-state index is 12.7. The molecule has 0 aliphatic carbocycles. The van der Waals surface area contributed by atoms with Gasteiger partial charge in [0.25, 0.3) is 0 Å². The van der Waals surface area contributed by atoms with Crippen LogP contribution in [-0.2, 0) is 4.79 Å². The van der Waals surface area contributed by atoms with Crippen LogP contribution in [0.15, 0.2) is 84.9 Å². The number of carbonyl (C=O) groups excluding carboxylic acids is 2. The maximum Gasteiger partial charge on any atom is 0.336 e. The summed E-state index contributed by atoms with van der Waals surface area (Å²) in [5.74, 6) is 0.492. The molecule has 0 saturated carbocycles. The number of aliphatic hydroxyl groups excluding tert-OH is 1. The minimum absolute atomic E-state index is 0.118. The Morgan fingerprint density at radius 2 is 1.33 bits per heavy atom. The SMILES string of the molecule is O=C(/C=C/c1ccccc1)Oc1ccc(C(=O)c2ccc(OCCCCCCO)cc2)cc1. The molecule has 0 aliphatic heterocycles. The van der Waals surface area contributed by atoms with Crippen LogP contribution < -0.4 is 9.47 Å². The Bertz CT molecular complexity index is 1040. The molecule has 0 amide bonds. The fraction of sp³-hybridized carbons (Fsp3) is 0.214. The lowest BCUT2D eigenvalue weighted by molar-refractivity contribution is -0.128. The molecule has 33 heavy (non-hydrogen) atoms. The maximum atomic E-state index is 12.7. The fourth-order valence-corrected chi connectivity index (χ4v) is 3.18. The average molecular weight is 445 g/mol. The van der Waals surface area contributed by atoms with E-state index in [0.29, 0.717) is 23.5 Å². The van der Waals surface area contributed by atoms with Crippen molar-refractivity contribution in [3.63, 3.8) is 0 Å². The standard InChI is InChI=1S/C28H28O5/c29-20-6-1-2-7-21-32-25-15-11-23(12-16-25)28(31)24-13-17-26(18-14-24)33-27(30)19-10-22-8-4-3-5-9-22/h3-5,8-19,29H,1-2,6-7,20-21H2/b19-10+. The van der Waals surface area contributed by atoms with Gasteiger partial charge in [-0.1, -0.05) is 36.8 Å². The number of carbonyl (C=O) groups is 2. The van der Waals surface area contributed by atoms with Crippen LogP contribution in [-0.4, -0.2) is 30.1 Å². The number of benzene rings is 3. The predicted molar refractivity (Wildman–Crippen MR) is 128 cm³/mol. The van der Waals surface area contributed by atoms with E-state index in [9.17, 15) is 9.59 Å². The smallest absolute Gasteiger partial charge is 0.336 e. The molecule has 3 aromatic carbocycles. The van der Waals surface area contributed by atoms with E-state index in [1.54, 1.807) is 54.6 Å². The van der Waals surface area contributed by atoms with Crippen molar-refractivity contribution in [2.45, 2.75) is 25.7 Å². The molecule has 0 unspecified atom stereocenters. The first-order valence-corrected chi connectivity index (χ1v) is 11.1. The molecule has 3 aromatic rings. The highest BCUT2D eigenvalue weighted by Gasteiger charge is 2.10. The van der Waals surface area contributed by atoms with E-state index in [1.165, 1.54) is 6.08 Å². The van der Waals surface area contributed by atoms with Gasteiger partial charge in [-0.25, -0.2) is 4.79 Å². The number of unbranched alkanes of at least 4 members (excludes halogenated alkanes) is 3. The Balaban J connectivity index is 1.49. The van der Waals surface area contributed by atoms with Crippen molar-refractivity contribution >= 4 is 17.8 Å². The molecule has 0 radical (unpaired) electrons. The molecule has 0 aromatic heterocycles. The van der Waals surface area contributed by atoms with E-state index >= 15 is 0 Å². The van der Waals surface area contributed by atoms with Crippen molar-refractivity contribution in [1.29, 1.82) is 0 Å². The molecule has 0 spiro atoms. The molecule has 0 bridgehead atoms. The molecule has 170 valence electrons. The van der Waals surface area contributed by atoms with Crippen LogP contribution in [0, 0.1) is 0 Å². The zero-order chi connectivity index (χ0) is 23.3. The zero-order valence-corrected chi connectivity index (χ0v) is 18.5. The van der Waals surface area contributed by atoms with Gasteiger partial charge in [-0.2, -0.15) is 0 Å². The van der Waals surface area contributed by atoms with Crippen molar-refractivity contribution in [2.24, 2.45) is 0 Å². The van der Waals surface area contributed by atoms with Crippen LogP contribution >= 0.6 is 0 Å². The molecule has 0 fully saturated rings. The number of aliphatic hydroxyl groups is 1. The zero-order valence-electron chi connectivity index (χ0n) is 18.5. The van der Waals surface area contributed by atoms with Gasteiger partial charge in [-0.3, -0.25) is 4.79 Å². The number of rotatable bonds is 12. The molecule has 5 heteroatoms. The molecule has 0 saturated heterocycles. The van der Waals surface area contributed by atoms with E-state index in [1.807, 2.05) is 30.3 Å². The first-order chi connectivity index (χ1) is 16.2. The van der Waals surface area contributed by atoms with E-state index < -0.39 is 5.97 Å². The number of ether oxygens (including phenoxy) is 2. The van der Waals surface area contributed by atoms with Crippen molar-refractivity contribution in [3.8, 4) is 11.5 Å². The van der Waals surface area contributed by atoms with E-state index in [0.717, 1.165) is 37.0 Å². The molecule has 0 atom stereocenters. The van der Waals surface area contributed by atoms with Crippen molar-refractivity contribution in [1.82, 2.24) is 0 Å². The summed E-state index contributed by atoms with van der Waals surface area (Å²) in [5.41, 5.74) is 1.97. The second kappa shape index (κ2) is 13.0. The normalized spacial score (nSPS) is 10.8. The van der Waals surface area contributed by atoms with E-state index in [2.05, 4.69) is 0 Å². The minimum atomic E-state index is -0.484. The van der Waals surface area contributed by atoms with Crippen LogP contribution in [0.4, 0.5) is 0 Å². The highest BCUT2D eigenvalue weighted by atomic mass is 16.5. The molecular formula is C28H28O5. The average Bonchev–Trinajstić information content (AvgIpc) is 2.86. The van der Waals surface area contributed by atoms with E-state index in [4.69, 9.17) is 14.6 Å². The summed E-state index contributed by atoms with van der Waals surface area (Å²) in [4.78, 5) is 24.7. The summed E-state index contributed by atoms with van der Waals surface area (Å²) in [5, 5.41) is 8.78. The minimum Gasteiger partial charge on any atom is -0.494 e. The third-order valence-corrected chi connectivity index (χ3v) is 4.98. The van der Waals surface area contributed by atoms with Crippen LogP contribution in [0.5, 0.6) is 11.5 Å². The lowest BCUT2D eigenvalue weighted by atomic mass is 10.0. The third-order valence-electron chi connectivity index (χ3n) is 4.98. The molecule has 1 N–H and O–H groups in total. The highest BCUT2D eigenvalue weighted by Crippen LogP contribution is 2.19. The largest absolute Gasteiger partial charge is 0.494 e. The Labute approximate surface area is 194 Å². The first kappa shape index (κ1) is 24.0. The van der Waals surface area contributed by atoms with Crippen molar-refractivity contribution in [2.75, 3.05) is 13.2 Å². The monoisotopic (exact) mass is 444 g/mol. The predicted octanol–water partition coefficient (Wildman–Crippen LogP) is 5.47. The number of hydrogen-bond donors (Lipinski definition) is 1. The summed E-state index contributed by atoms with van der Waals surface area (Å²) >= 11 is 0. The van der Waals surface area contributed by atoms with Gasteiger partial charge in [-0.05, 0) is 79.4 Å². The Hall–Kier alpha value is -3.70. The summed E-state index contributed by atoms with van der Waals surface area (Å²) < 4.78 is 11.0. The van der Waals surface area contributed by atoms with Crippen LogP contribution in [0.2, 0.25) is 0 Å². The van der Waals surface area contributed by atoms with Gasteiger partial charge in [0.05, 0.1) is 6.61 Å². The van der Waals surface area contributed by atoms with Crippen molar-refractivity contribution < 1.29 is 24.2 Å². The Kier molecular flexibility index (Phi) is 9.43. The summed E-state index contributed by atoms with van der Waals surface area (Å²) in [6.07, 6.45) is 6.82. The highest BCUT2D eigenvalue weighted by molar-refractivity contribution is 6.09. The van der Waals surface area contributed by atoms with Crippen LogP contribution in [0.3, 0.4) is 0 Å². The van der Waals surface area contributed by atoms with Crippen molar-refractivity contribution in [3.05, 3.63) is 102 Å². The lowest BCUT2D eigenvalue weighted by Gasteiger charge is -2.07. The Morgan fingerprint density at radius 1 is 0.727 bits per heavy atom. The Morgan fingerprint density at radius 3 is 1.97 bits per heavy atom. The molecule has 5 nitrogen and oxygen atoms in total. The number of ketones is 1.